The lowest BCUT2D eigenvalue weighted by atomic mass is 10.0. The lowest BCUT2D eigenvalue weighted by Gasteiger charge is -2.14. The lowest BCUT2D eigenvalue weighted by Crippen LogP contribution is -2.10. The molecule has 1 heteroatoms. The maximum absolute atomic E-state index is 5.55. The molecule has 0 aromatic heterocycles. The summed E-state index contributed by atoms with van der Waals surface area (Å²) >= 11 is 0. The minimum Gasteiger partial charge on any atom is -0.381 e. The Morgan fingerprint density at radius 3 is 2.00 bits per heavy atom. The Hall–Kier alpha value is -0.300. The first-order chi connectivity index (χ1) is 8.85. The molecule has 0 aromatic carbocycles. The monoisotopic (exact) mass is 254 g/mol. The van der Waals surface area contributed by atoms with Gasteiger partial charge >= 0.3 is 0 Å². The van der Waals surface area contributed by atoms with Gasteiger partial charge in [0.05, 0.1) is 6.10 Å². The largest absolute Gasteiger partial charge is 0.381 e. The highest BCUT2D eigenvalue weighted by atomic mass is 16.5. The second-order valence-corrected chi connectivity index (χ2v) is 5.34. The van der Waals surface area contributed by atoms with Crippen molar-refractivity contribution >= 4 is 0 Å². The fourth-order valence-corrected chi connectivity index (χ4v) is 2.37. The highest BCUT2D eigenvalue weighted by Crippen LogP contribution is 2.15. The maximum atomic E-state index is 5.55. The molecule has 0 fully saturated rings. The zero-order chi connectivity index (χ0) is 13.5. The van der Waals surface area contributed by atoms with Crippen LogP contribution in [-0.4, -0.2) is 13.2 Å². The molecule has 18 heavy (non-hydrogen) atoms. The molecule has 0 N–H and O–H groups in total. The molecule has 0 saturated heterocycles. The van der Waals surface area contributed by atoms with Gasteiger partial charge in [-0.05, 0) is 25.7 Å². The third-order valence-electron chi connectivity index (χ3n) is 3.65. The fourth-order valence-electron chi connectivity index (χ4n) is 2.37. The summed E-state index contributed by atoms with van der Waals surface area (Å²) in [5.41, 5.74) is 0. The average Bonchev–Trinajstić information content (AvgIpc) is 2.40. The van der Waals surface area contributed by atoms with Crippen LogP contribution in [0.5, 0.6) is 0 Å². The summed E-state index contributed by atoms with van der Waals surface area (Å²) in [5, 5.41) is 0. The molecule has 1 atom stereocenters. The summed E-state index contributed by atoms with van der Waals surface area (Å²) in [4.78, 5) is 0. The van der Waals surface area contributed by atoms with Crippen LogP contribution >= 0.6 is 0 Å². The van der Waals surface area contributed by atoms with Crippen molar-refractivity contribution in [2.24, 2.45) is 0 Å². The van der Waals surface area contributed by atoms with Crippen molar-refractivity contribution in [3.05, 3.63) is 12.7 Å². The Morgan fingerprint density at radius 2 is 1.44 bits per heavy atom. The Morgan fingerprint density at radius 1 is 0.889 bits per heavy atom. The molecule has 0 aromatic rings. The van der Waals surface area contributed by atoms with Crippen LogP contribution in [0.1, 0.15) is 84.0 Å². The molecule has 0 radical (unpaired) electrons. The van der Waals surface area contributed by atoms with Gasteiger partial charge in [-0.15, -0.1) is 6.58 Å². The van der Waals surface area contributed by atoms with Crippen LogP contribution in [0.15, 0.2) is 12.7 Å². The van der Waals surface area contributed by atoms with Crippen molar-refractivity contribution in [1.82, 2.24) is 0 Å². The highest BCUT2D eigenvalue weighted by molar-refractivity contribution is 4.67. The summed E-state index contributed by atoms with van der Waals surface area (Å²) in [6.07, 6.45) is 18.4. The van der Waals surface area contributed by atoms with E-state index in [1.165, 1.54) is 70.6 Å². The van der Waals surface area contributed by atoms with Gasteiger partial charge in [0.25, 0.3) is 0 Å². The third kappa shape index (κ3) is 12.2. The molecule has 0 saturated carbocycles. The van der Waals surface area contributed by atoms with Crippen LogP contribution in [0.3, 0.4) is 0 Å². The predicted molar refractivity (Wildman–Crippen MR) is 82.1 cm³/mol. The standard InChI is InChI=1S/C17H34O/c1-4-6-8-10-11-12-14-16-17(18-3)15-13-9-7-5-2/h5,17H,2,4,6-16H2,1,3H3. The van der Waals surface area contributed by atoms with Crippen LogP contribution in [0.4, 0.5) is 0 Å². The molecule has 0 aliphatic heterocycles. The van der Waals surface area contributed by atoms with Gasteiger partial charge in [0.2, 0.25) is 0 Å². The molecular formula is C17H34O. The third-order valence-corrected chi connectivity index (χ3v) is 3.65. The van der Waals surface area contributed by atoms with Crippen LogP contribution in [-0.2, 0) is 4.74 Å². The SMILES string of the molecule is C=CCCCCC(CCCCCCCCC)OC. The molecule has 0 heterocycles. The lowest BCUT2D eigenvalue weighted by molar-refractivity contribution is 0.0834. The highest BCUT2D eigenvalue weighted by Gasteiger charge is 2.06. The Bertz CT molecular complexity index is 165. The number of ether oxygens (including phenoxy) is 1. The molecule has 108 valence electrons. The number of rotatable bonds is 14. The second kappa shape index (κ2) is 14.8. The first-order valence-corrected chi connectivity index (χ1v) is 7.98. The van der Waals surface area contributed by atoms with Gasteiger partial charge in [0.15, 0.2) is 0 Å². The van der Waals surface area contributed by atoms with Crippen molar-refractivity contribution in [2.45, 2.75) is 90.1 Å². The minimum atomic E-state index is 0.491. The molecule has 0 amide bonds. The first-order valence-electron chi connectivity index (χ1n) is 7.98. The van der Waals surface area contributed by atoms with E-state index >= 15 is 0 Å². The Kier molecular flexibility index (Phi) is 14.5. The van der Waals surface area contributed by atoms with Crippen molar-refractivity contribution in [1.29, 1.82) is 0 Å². The summed E-state index contributed by atoms with van der Waals surface area (Å²) in [5.74, 6) is 0. The van der Waals surface area contributed by atoms with Crippen LogP contribution in [0, 0.1) is 0 Å². The zero-order valence-corrected chi connectivity index (χ0v) is 12.8. The van der Waals surface area contributed by atoms with Crippen molar-refractivity contribution in [3.8, 4) is 0 Å². The van der Waals surface area contributed by atoms with E-state index in [1.54, 1.807) is 0 Å². The van der Waals surface area contributed by atoms with Gasteiger partial charge in [0.1, 0.15) is 0 Å². The number of unbranched alkanes of at least 4 members (excludes halogenated alkanes) is 8. The second-order valence-electron chi connectivity index (χ2n) is 5.34. The summed E-state index contributed by atoms with van der Waals surface area (Å²) in [6, 6.07) is 0. The molecule has 0 bridgehead atoms. The summed E-state index contributed by atoms with van der Waals surface area (Å²) in [7, 11) is 1.86. The fraction of sp³-hybridized carbons (Fsp3) is 0.882. The molecule has 1 nitrogen and oxygen atoms in total. The molecular weight excluding hydrogens is 220 g/mol. The smallest absolute Gasteiger partial charge is 0.0571 e. The van der Waals surface area contributed by atoms with Crippen LogP contribution < -0.4 is 0 Å². The van der Waals surface area contributed by atoms with E-state index in [-0.39, 0.29) is 0 Å². The normalized spacial score (nSPS) is 12.6. The van der Waals surface area contributed by atoms with Crippen LogP contribution in [0.2, 0.25) is 0 Å². The quantitative estimate of drug-likeness (QED) is 0.277. The van der Waals surface area contributed by atoms with Gasteiger partial charge in [0, 0.05) is 7.11 Å². The molecule has 0 rings (SSSR count). The molecule has 1 unspecified atom stereocenters. The Balaban J connectivity index is 3.30. The Labute approximate surface area is 115 Å². The van der Waals surface area contributed by atoms with Gasteiger partial charge in [-0.1, -0.05) is 64.4 Å². The first kappa shape index (κ1) is 17.7. The summed E-state index contributed by atoms with van der Waals surface area (Å²) < 4.78 is 5.55. The van der Waals surface area contributed by atoms with E-state index in [2.05, 4.69) is 13.5 Å². The molecule has 0 aliphatic carbocycles. The van der Waals surface area contributed by atoms with Gasteiger partial charge in [-0.2, -0.15) is 0 Å². The van der Waals surface area contributed by atoms with E-state index in [0.29, 0.717) is 6.10 Å². The van der Waals surface area contributed by atoms with E-state index in [4.69, 9.17) is 4.74 Å². The summed E-state index contributed by atoms with van der Waals surface area (Å²) in [6.45, 7) is 6.03. The maximum Gasteiger partial charge on any atom is 0.0571 e. The van der Waals surface area contributed by atoms with E-state index < -0.39 is 0 Å². The number of allylic oxidation sites excluding steroid dienone is 1. The molecule has 0 spiro atoms. The predicted octanol–water partition coefficient (Wildman–Crippen LogP) is 5.89. The number of methoxy groups -OCH3 is 1. The number of hydrogen-bond acceptors (Lipinski definition) is 1. The van der Waals surface area contributed by atoms with Gasteiger partial charge in [-0.3, -0.25) is 0 Å². The van der Waals surface area contributed by atoms with Gasteiger partial charge in [-0.25, -0.2) is 0 Å². The van der Waals surface area contributed by atoms with E-state index in [1.807, 2.05) is 13.2 Å². The van der Waals surface area contributed by atoms with Crippen LogP contribution in [0.25, 0.3) is 0 Å². The topological polar surface area (TPSA) is 9.23 Å². The van der Waals surface area contributed by atoms with Gasteiger partial charge < -0.3 is 4.74 Å². The number of hydrogen-bond donors (Lipinski definition) is 0. The van der Waals surface area contributed by atoms with Crippen molar-refractivity contribution in [2.75, 3.05) is 7.11 Å². The minimum absolute atomic E-state index is 0.491. The zero-order valence-electron chi connectivity index (χ0n) is 12.8. The average molecular weight is 254 g/mol. The molecule has 0 aliphatic rings. The van der Waals surface area contributed by atoms with E-state index in [9.17, 15) is 0 Å². The van der Waals surface area contributed by atoms with Crippen molar-refractivity contribution in [3.63, 3.8) is 0 Å². The van der Waals surface area contributed by atoms with Crippen molar-refractivity contribution < 1.29 is 4.74 Å². The van der Waals surface area contributed by atoms with E-state index in [0.717, 1.165) is 6.42 Å².